The van der Waals surface area contributed by atoms with Gasteiger partial charge in [-0.2, -0.15) is 5.10 Å². The molecule has 0 amide bonds. The van der Waals surface area contributed by atoms with Crippen molar-refractivity contribution in [3.8, 4) is 16.9 Å². The third-order valence-corrected chi connectivity index (χ3v) is 5.15. The fourth-order valence-corrected chi connectivity index (χ4v) is 3.50. The Morgan fingerprint density at radius 3 is 2.42 bits per heavy atom. The lowest BCUT2D eigenvalue weighted by atomic mass is 10.0. The van der Waals surface area contributed by atoms with Gasteiger partial charge in [0.2, 0.25) is 0 Å². The van der Waals surface area contributed by atoms with Crippen LogP contribution in [0.2, 0.25) is 0 Å². The molecule has 4 aromatic rings. The molecule has 6 nitrogen and oxygen atoms in total. The van der Waals surface area contributed by atoms with Gasteiger partial charge in [-0.1, -0.05) is 55.8 Å². The van der Waals surface area contributed by atoms with Gasteiger partial charge in [0.1, 0.15) is 0 Å². The maximum atomic E-state index is 11.1. The Morgan fingerprint density at radius 2 is 1.77 bits per heavy atom. The second kappa shape index (κ2) is 9.26. The third-order valence-electron chi connectivity index (χ3n) is 5.15. The fourth-order valence-electron chi connectivity index (χ4n) is 3.50. The van der Waals surface area contributed by atoms with E-state index in [-0.39, 0.29) is 6.04 Å². The summed E-state index contributed by atoms with van der Waals surface area (Å²) in [6, 6.07) is 21.1. The van der Waals surface area contributed by atoms with Crippen LogP contribution in [-0.4, -0.2) is 25.8 Å². The van der Waals surface area contributed by atoms with Crippen molar-refractivity contribution in [2.75, 3.05) is 5.32 Å². The normalized spacial score (nSPS) is 11.8. The van der Waals surface area contributed by atoms with Crippen LogP contribution in [0.1, 0.15) is 41.7 Å². The summed E-state index contributed by atoms with van der Waals surface area (Å²) in [4.78, 5) is 15.7. The molecular weight excluding hydrogens is 388 g/mol. The van der Waals surface area contributed by atoms with Crippen LogP contribution >= 0.6 is 0 Å². The largest absolute Gasteiger partial charge is 0.478 e. The second-order valence-electron chi connectivity index (χ2n) is 7.36. The summed E-state index contributed by atoms with van der Waals surface area (Å²) >= 11 is 0. The Morgan fingerprint density at radius 1 is 1.00 bits per heavy atom. The van der Waals surface area contributed by atoms with Gasteiger partial charge in [0.05, 0.1) is 29.7 Å². The van der Waals surface area contributed by atoms with E-state index in [0.29, 0.717) is 5.56 Å². The first-order chi connectivity index (χ1) is 15.1. The standard InChI is InChI=1S/C25H24N4O2/c1-2-6-23(19-9-11-20(12-10-19)25(30)31)28-22-13-14-24(26-16-22)29-17-21(15-27-29)18-7-4-3-5-8-18/h3-5,7-17,23,28H,2,6H2,1H3,(H,30,31). The highest BCUT2D eigenvalue weighted by atomic mass is 16.4. The molecule has 2 heterocycles. The molecular formula is C25H24N4O2. The lowest BCUT2D eigenvalue weighted by molar-refractivity contribution is 0.0697. The topological polar surface area (TPSA) is 80.0 Å². The number of anilines is 1. The number of carbonyl (C=O) groups is 1. The van der Waals surface area contributed by atoms with E-state index >= 15 is 0 Å². The quantitative estimate of drug-likeness (QED) is 0.395. The number of nitrogens with zero attached hydrogens (tertiary/aromatic N) is 3. The minimum absolute atomic E-state index is 0.0786. The van der Waals surface area contributed by atoms with Crippen molar-refractivity contribution in [2.24, 2.45) is 0 Å². The summed E-state index contributed by atoms with van der Waals surface area (Å²) in [6.45, 7) is 2.13. The molecule has 0 bridgehead atoms. The molecule has 0 radical (unpaired) electrons. The van der Waals surface area contributed by atoms with Gasteiger partial charge in [-0.25, -0.2) is 14.5 Å². The number of hydrogen-bond acceptors (Lipinski definition) is 4. The number of aromatic carboxylic acids is 1. The SMILES string of the molecule is CCCC(Nc1ccc(-n2cc(-c3ccccc3)cn2)nc1)c1ccc(C(=O)O)cc1. The average molecular weight is 412 g/mol. The van der Waals surface area contributed by atoms with Crippen LogP contribution in [0.25, 0.3) is 16.9 Å². The van der Waals surface area contributed by atoms with Crippen molar-refractivity contribution in [3.05, 3.63) is 96.4 Å². The highest BCUT2D eigenvalue weighted by Crippen LogP contribution is 2.25. The molecule has 1 atom stereocenters. The van der Waals surface area contributed by atoms with Crippen LogP contribution in [0.3, 0.4) is 0 Å². The first kappa shape index (κ1) is 20.3. The smallest absolute Gasteiger partial charge is 0.335 e. The summed E-state index contributed by atoms with van der Waals surface area (Å²) in [5.74, 6) is -0.175. The monoisotopic (exact) mass is 412 g/mol. The molecule has 6 heteroatoms. The number of nitrogens with one attached hydrogen (secondary N) is 1. The molecule has 31 heavy (non-hydrogen) atoms. The zero-order valence-corrected chi connectivity index (χ0v) is 17.3. The number of pyridine rings is 1. The van der Waals surface area contributed by atoms with Gasteiger partial charge < -0.3 is 10.4 Å². The fraction of sp³-hybridized carbons (Fsp3) is 0.160. The van der Waals surface area contributed by atoms with Crippen LogP contribution in [0.4, 0.5) is 5.69 Å². The lowest BCUT2D eigenvalue weighted by Crippen LogP contribution is -2.11. The molecule has 0 saturated heterocycles. The maximum Gasteiger partial charge on any atom is 0.335 e. The molecule has 2 aromatic carbocycles. The van der Waals surface area contributed by atoms with Gasteiger partial charge >= 0.3 is 5.97 Å². The lowest BCUT2D eigenvalue weighted by Gasteiger charge is -2.20. The van der Waals surface area contributed by atoms with Crippen LogP contribution in [0.5, 0.6) is 0 Å². The van der Waals surface area contributed by atoms with Gasteiger partial charge in [-0.05, 0) is 41.8 Å². The molecule has 0 aliphatic heterocycles. The number of hydrogen-bond donors (Lipinski definition) is 2. The minimum Gasteiger partial charge on any atom is -0.478 e. The number of benzene rings is 2. The first-order valence-electron chi connectivity index (χ1n) is 10.3. The Hall–Kier alpha value is -3.93. The van der Waals surface area contributed by atoms with Gasteiger partial charge in [0, 0.05) is 11.8 Å². The third kappa shape index (κ3) is 4.80. The van der Waals surface area contributed by atoms with E-state index in [1.165, 1.54) is 0 Å². The van der Waals surface area contributed by atoms with Crippen molar-refractivity contribution in [1.82, 2.24) is 14.8 Å². The van der Waals surface area contributed by atoms with Crippen molar-refractivity contribution in [2.45, 2.75) is 25.8 Å². The first-order valence-corrected chi connectivity index (χ1v) is 10.3. The Bertz CT molecular complexity index is 1140. The van der Waals surface area contributed by atoms with Crippen LogP contribution in [-0.2, 0) is 0 Å². The van der Waals surface area contributed by atoms with E-state index in [4.69, 9.17) is 5.11 Å². The van der Waals surface area contributed by atoms with E-state index in [2.05, 4.69) is 34.5 Å². The molecule has 1 unspecified atom stereocenters. The highest BCUT2D eigenvalue weighted by molar-refractivity contribution is 5.87. The van der Waals surface area contributed by atoms with Crippen molar-refractivity contribution < 1.29 is 9.90 Å². The molecule has 0 fully saturated rings. The summed E-state index contributed by atoms with van der Waals surface area (Å²) in [7, 11) is 0. The van der Waals surface area contributed by atoms with Crippen LogP contribution in [0, 0.1) is 0 Å². The molecule has 2 N–H and O–H groups in total. The molecule has 0 spiro atoms. The molecule has 0 aliphatic rings. The molecule has 0 aliphatic carbocycles. The Balaban J connectivity index is 1.49. The van der Waals surface area contributed by atoms with Crippen molar-refractivity contribution >= 4 is 11.7 Å². The summed E-state index contributed by atoms with van der Waals surface area (Å²) < 4.78 is 1.76. The summed E-state index contributed by atoms with van der Waals surface area (Å²) in [6.07, 6.45) is 7.52. The van der Waals surface area contributed by atoms with Crippen molar-refractivity contribution in [1.29, 1.82) is 0 Å². The second-order valence-corrected chi connectivity index (χ2v) is 7.36. The summed E-state index contributed by atoms with van der Waals surface area (Å²) in [5.41, 5.74) is 4.40. The van der Waals surface area contributed by atoms with Crippen molar-refractivity contribution in [3.63, 3.8) is 0 Å². The number of carboxylic acids is 1. The maximum absolute atomic E-state index is 11.1. The predicted octanol–water partition coefficient (Wildman–Crippen LogP) is 5.59. The van der Waals surface area contributed by atoms with E-state index in [1.807, 2.05) is 54.9 Å². The molecule has 0 saturated carbocycles. The average Bonchev–Trinajstić information content (AvgIpc) is 3.30. The van der Waals surface area contributed by atoms with Crippen LogP contribution < -0.4 is 5.32 Å². The number of aromatic nitrogens is 3. The van der Waals surface area contributed by atoms with E-state index in [9.17, 15) is 4.79 Å². The highest BCUT2D eigenvalue weighted by Gasteiger charge is 2.12. The zero-order valence-electron chi connectivity index (χ0n) is 17.3. The van der Waals surface area contributed by atoms with Gasteiger partial charge in [-0.15, -0.1) is 0 Å². The molecule has 4 rings (SSSR count). The molecule has 2 aromatic heterocycles. The van der Waals surface area contributed by atoms with E-state index in [0.717, 1.165) is 41.0 Å². The van der Waals surface area contributed by atoms with Gasteiger partial charge in [0.25, 0.3) is 0 Å². The summed E-state index contributed by atoms with van der Waals surface area (Å²) in [5, 5.41) is 17.1. The van der Waals surface area contributed by atoms with Gasteiger partial charge in [0.15, 0.2) is 5.82 Å². The molecule has 156 valence electrons. The van der Waals surface area contributed by atoms with Gasteiger partial charge in [-0.3, -0.25) is 0 Å². The Labute approximate surface area is 181 Å². The number of carboxylic acid groups (broad SMARTS) is 1. The predicted molar refractivity (Wildman–Crippen MR) is 121 cm³/mol. The van der Waals surface area contributed by atoms with E-state index < -0.39 is 5.97 Å². The minimum atomic E-state index is -0.916. The number of rotatable bonds is 8. The van der Waals surface area contributed by atoms with E-state index in [1.54, 1.807) is 23.0 Å². The van der Waals surface area contributed by atoms with Crippen LogP contribution in [0.15, 0.2) is 85.3 Å². The Kier molecular flexibility index (Phi) is 6.08. The zero-order chi connectivity index (χ0) is 21.6.